The number of hydrazine groups is 1. The fraction of sp³-hybridized carbons (Fsp3) is 0.133. The highest BCUT2D eigenvalue weighted by Gasteiger charge is 2.00. The summed E-state index contributed by atoms with van der Waals surface area (Å²) < 4.78 is 0. The number of rotatable bonds is 3. The molecule has 0 atom stereocenters. The van der Waals surface area contributed by atoms with Crippen molar-refractivity contribution in [3.05, 3.63) is 59.7 Å². The summed E-state index contributed by atoms with van der Waals surface area (Å²) >= 11 is 0. The Morgan fingerprint density at radius 1 is 0.950 bits per heavy atom. The van der Waals surface area contributed by atoms with Crippen LogP contribution in [0.3, 0.4) is 0 Å². The first-order chi connectivity index (χ1) is 9.66. The first kappa shape index (κ1) is 13.7. The molecule has 20 heavy (non-hydrogen) atoms. The maximum Gasteiger partial charge on any atom is 0.378 e. The average molecular weight is 268 g/mol. The van der Waals surface area contributed by atoms with Crippen LogP contribution in [0.4, 0.5) is 16.2 Å². The molecule has 2 amide bonds. The van der Waals surface area contributed by atoms with Gasteiger partial charge in [0.25, 0.3) is 0 Å². The quantitative estimate of drug-likeness (QED) is 0.649. The Morgan fingerprint density at radius 2 is 1.60 bits per heavy atom. The molecular weight excluding hydrogens is 252 g/mol. The summed E-state index contributed by atoms with van der Waals surface area (Å²) in [6.45, 7) is 3.86. The van der Waals surface area contributed by atoms with E-state index in [-0.39, 0.29) is 0 Å². The number of nitrogens with one attached hydrogen (secondary N) is 2. The van der Waals surface area contributed by atoms with E-state index in [9.17, 15) is 4.79 Å². The molecule has 0 saturated carbocycles. The molecular formula is C15H16N4O. The molecule has 0 spiro atoms. The number of benzene rings is 2. The lowest BCUT2D eigenvalue weighted by molar-refractivity contribution is 0.249. The molecule has 2 aromatic rings. The molecule has 0 radical (unpaired) electrons. The summed E-state index contributed by atoms with van der Waals surface area (Å²) in [7, 11) is 0. The molecule has 5 heteroatoms. The maximum absolute atomic E-state index is 11.6. The lowest BCUT2D eigenvalue weighted by Crippen LogP contribution is -2.26. The van der Waals surface area contributed by atoms with Crippen LogP contribution < -0.4 is 10.9 Å². The zero-order chi connectivity index (χ0) is 14.4. The van der Waals surface area contributed by atoms with Crippen molar-refractivity contribution in [2.24, 2.45) is 10.2 Å². The molecule has 0 aliphatic carbocycles. The second kappa shape index (κ2) is 6.47. The number of amides is 2. The molecule has 2 N–H and O–H groups in total. The second-order valence-corrected chi connectivity index (χ2v) is 4.36. The molecule has 2 aromatic carbocycles. The molecule has 0 aliphatic heterocycles. The van der Waals surface area contributed by atoms with Gasteiger partial charge in [-0.15, -0.1) is 5.11 Å². The molecule has 0 saturated heterocycles. The molecule has 2 rings (SSSR count). The molecule has 0 aliphatic rings. The Morgan fingerprint density at radius 3 is 2.30 bits per heavy atom. The number of azo groups is 1. The van der Waals surface area contributed by atoms with E-state index in [1.807, 2.05) is 56.3 Å². The highest BCUT2D eigenvalue weighted by atomic mass is 16.2. The van der Waals surface area contributed by atoms with Gasteiger partial charge in [-0.05, 0) is 37.1 Å². The van der Waals surface area contributed by atoms with E-state index in [2.05, 4.69) is 21.1 Å². The van der Waals surface area contributed by atoms with E-state index in [1.54, 1.807) is 6.07 Å². The van der Waals surface area contributed by atoms with E-state index >= 15 is 0 Å². The lowest BCUT2D eigenvalue weighted by atomic mass is 10.2. The zero-order valence-electron chi connectivity index (χ0n) is 11.4. The van der Waals surface area contributed by atoms with Crippen molar-refractivity contribution in [1.82, 2.24) is 5.43 Å². The van der Waals surface area contributed by atoms with Crippen molar-refractivity contribution in [2.75, 3.05) is 5.43 Å². The number of para-hydroxylation sites is 1. The Hall–Kier alpha value is -2.69. The van der Waals surface area contributed by atoms with Crippen molar-refractivity contribution in [3.63, 3.8) is 0 Å². The molecule has 0 aromatic heterocycles. The van der Waals surface area contributed by atoms with E-state index in [0.29, 0.717) is 5.69 Å². The summed E-state index contributed by atoms with van der Waals surface area (Å²) in [4.78, 5) is 11.6. The van der Waals surface area contributed by atoms with Gasteiger partial charge in [0.2, 0.25) is 0 Å². The fourth-order valence-corrected chi connectivity index (χ4v) is 1.63. The summed E-state index contributed by atoms with van der Waals surface area (Å²) in [5.74, 6) is 0. The van der Waals surface area contributed by atoms with Crippen LogP contribution in [0.15, 0.2) is 58.8 Å². The molecule has 0 heterocycles. The predicted octanol–water partition coefficient (Wildman–Crippen LogP) is 4.12. The van der Waals surface area contributed by atoms with Crippen LogP contribution in [0.1, 0.15) is 11.1 Å². The van der Waals surface area contributed by atoms with Crippen LogP contribution >= 0.6 is 0 Å². The SMILES string of the molecule is Cc1ccccc1N=NC(=O)NNc1ccccc1C. The highest BCUT2D eigenvalue weighted by molar-refractivity contribution is 5.76. The fourth-order valence-electron chi connectivity index (χ4n) is 1.63. The number of nitrogens with zero attached hydrogens (tertiary/aromatic N) is 2. The van der Waals surface area contributed by atoms with Crippen molar-refractivity contribution < 1.29 is 4.79 Å². The second-order valence-electron chi connectivity index (χ2n) is 4.36. The zero-order valence-corrected chi connectivity index (χ0v) is 11.4. The standard InChI is InChI=1S/C15H16N4O/c1-11-7-3-5-9-13(11)16-18-15(20)19-17-14-10-6-4-8-12(14)2/h3-10,16H,1-2H3,(H,18,20). The van der Waals surface area contributed by atoms with Gasteiger partial charge >= 0.3 is 6.03 Å². The molecule has 0 bridgehead atoms. The van der Waals surface area contributed by atoms with Gasteiger partial charge in [0.15, 0.2) is 0 Å². The van der Waals surface area contributed by atoms with Crippen LogP contribution in [-0.2, 0) is 0 Å². The topological polar surface area (TPSA) is 65.8 Å². The van der Waals surface area contributed by atoms with Gasteiger partial charge in [-0.2, -0.15) is 0 Å². The van der Waals surface area contributed by atoms with Crippen LogP contribution in [0.25, 0.3) is 0 Å². The Kier molecular flexibility index (Phi) is 4.44. The normalized spacial score (nSPS) is 10.5. The summed E-state index contributed by atoms with van der Waals surface area (Å²) in [6.07, 6.45) is 0. The van der Waals surface area contributed by atoms with E-state index in [0.717, 1.165) is 16.8 Å². The maximum atomic E-state index is 11.6. The number of anilines is 1. The number of hydrogen-bond donors (Lipinski definition) is 2. The Bertz CT molecular complexity index is 637. The van der Waals surface area contributed by atoms with Crippen molar-refractivity contribution in [1.29, 1.82) is 0 Å². The largest absolute Gasteiger partial charge is 0.378 e. The third-order valence-electron chi connectivity index (χ3n) is 2.81. The van der Waals surface area contributed by atoms with Gasteiger partial charge in [-0.1, -0.05) is 41.5 Å². The Balaban J connectivity index is 1.93. The minimum absolute atomic E-state index is 0.545. The van der Waals surface area contributed by atoms with E-state index < -0.39 is 6.03 Å². The van der Waals surface area contributed by atoms with Gasteiger partial charge in [0.05, 0.1) is 11.4 Å². The third kappa shape index (κ3) is 3.65. The average Bonchev–Trinajstić information content (AvgIpc) is 2.45. The van der Waals surface area contributed by atoms with Crippen molar-refractivity contribution in [2.45, 2.75) is 13.8 Å². The number of carbonyl (C=O) groups is 1. The van der Waals surface area contributed by atoms with Gasteiger partial charge in [0.1, 0.15) is 0 Å². The van der Waals surface area contributed by atoms with Crippen molar-refractivity contribution >= 4 is 17.4 Å². The molecule has 0 unspecified atom stereocenters. The lowest BCUT2D eigenvalue weighted by Gasteiger charge is -2.08. The summed E-state index contributed by atoms with van der Waals surface area (Å²) in [5, 5.41) is 7.53. The van der Waals surface area contributed by atoms with Crippen molar-refractivity contribution in [3.8, 4) is 0 Å². The molecule has 102 valence electrons. The monoisotopic (exact) mass is 268 g/mol. The van der Waals surface area contributed by atoms with Crippen LogP contribution in [0, 0.1) is 13.8 Å². The number of urea groups is 1. The predicted molar refractivity (Wildman–Crippen MR) is 79.0 cm³/mol. The number of hydrogen-bond acceptors (Lipinski definition) is 3. The van der Waals surface area contributed by atoms with Crippen LogP contribution in [0.2, 0.25) is 0 Å². The first-order valence-electron chi connectivity index (χ1n) is 6.26. The smallest absolute Gasteiger partial charge is 0.297 e. The Labute approximate surface area is 117 Å². The van der Waals surface area contributed by atoms with E-state index in [1.165, 1.54) is 0 Å². The van der Waals surface area contributed by atoms with Gasteiger partial charge < -0.3 is 0 Å². The van der Waals surface area contributed by atoms with E-state index in [4.69, 9.17) is 0 Å². The highest BCUT2D eigenvalue weighted by Crippen LogP contribution is 2.17. The minimum Gasteiger partial charge on any atom is -0.297 e. The molecule has 0 fully saturated rings. The third-order valence-corrected chi connectivity index (χ3v) is 2.81. The van der Waals surface area contributed by atoms with Crippen LogP contribution in [-0.4, -0.2) is 6.03 Å². The summed E-state index contributed by atoms with van der Waals surface area (Å²) in [5.41, 5.74) is 8.80. The summed E-state index contributed by atoms with van der Waals surface area (Å²) in [6, 6.07) is 14.6. The van der Waals surface area contributed by atoms with Crippen LogP contribution in [0.5, 0.6) is 0 Å². The van der Waals surface area contributed by atoms with Gasteiger partial charge in [0, 0.05) is 0 Å². The number of carbonyl (C=O) groups excluding carboxylic acids is 1. The molecule has 5 nitrogen and oxygen atoms in total. The number of aryl methyl sites for hydroxylation is 2. The van der Waals surface area contributed by atoms with Gasteiger partial charge in [-0.25, -0.2) is 10.2 Å². The van der Waals surface area contributed by atoms with Gasteiger partial charge in [-0.3, -0.25) is 5.43 Å². The first-order valence-corrected chi connectivity index (χ1v) is 6.26. The minimum atomic E-state index is -0.545.